The fourth-order valence-corrected chi connectivity index (χ4v) is 4.94. The number of phenols is 1. The number of anilines is 1. The number of aromatic nitrogens is 4. The molecule has 2 bridgehead atoms. The number of aryl methyl sites for hydroxylation is 1. The third-order valence-corrected chi connectivity index (χ3v) is 6.80. The van der Waals surface area contributed by atoms with Gasteiger partial charge in [-0.1, -0.05) is 0 Å². The SMILES string of the molecule is CN(c1cnc(-c2cc3ccn(C)c(=O)c3cc2O)nn1)[C@@H]1C[C@@]2(C)CCC(N2)[C@@H]1F. The van der Waals surface area contributed by atoms with Crippen molar-refractivity contribution in [3.8, 4) is 17.1 Å². The van der Waals surface area contributed by atoms with Crippen molar-refractivity contribution in [2.75, 3.05) is 11.9 Å². The normalized spacial score (nSPS) is 27.5. The molecule has 1 unspecified atom stereocenters. The summed E-state index contributed by atoms with van der Waals surface area (Å²) in [6, 6.07) is 4.47. The maximum Gasteiger partial charge on any atom is 0.258 e. The highest BCUT2D eigenvalue weighted by atomic mass is 19.1. The Morgan fingerprint density at radius 3 is 2.90 bits per heavy atom. The molecule has 1 aromatic carbocycles. The lowest BCUT2D eigenvalue weighted by atomic mass is 9.87. The molecule has 3 aromatic rings. The topological polar surface area (TPSA) is 96.2 Å². The molecule has 5 rings (SSSR count). The molecule has 4 heterocycles. The Hall–Kier alpha value is -3.07. The van der Waals surface area contributed by atoms with Crippen LogP contribution in [0, 0.1) is 0 Å². The average molecular weight is 424 g/mol. The van der Waals surface area contributed by atoms with E-state index < -0.39 is 6.17 Å². The largest absolute Gasteiger partial charge is 0.507 e. The van der Waals surface area contributed by atoms with E-state index in [4.69, 9.17) is 0 Å². The molecule has 0 radical (unpaired) electrons. The van der Waals surface area contributed by atoms with Gasteiger partial charge in [0.05, 0.1) is 23.2 Å². The summed E-state index contributed by atoms with van der Waals surface area (Å²) in [5.74, 6) is 0.632. The Kier molecular flexibility index (Phi) is 4.47. The molecule has 4 atom stereocenters. The molecule has 0 saturated carbocycles. The standard InChI is InChI=1S/C22H25FN6O2/c1-22-6-4-15(25-22)19(23)16(10-22)29(3)18-11-24-20(27-26-18)14-8-12-5-7-28(2)21(31)13(12)9-17(14)30/h5,7-9,11,15-16,19,25,30H,4,6,10H2,1-3H3/t15?,16-,19+,22-/m1/s1. The van der Waals surface area contributed by atoms with Gasteiger partial charge < -0.3 is 19.9 Å². The summed E-state index contributed by atoms with van der Waals surface area (Å²) < 4.78 is 16.5. The van der Waals surface area contributed by atoms with Gasteiger partial charge in [-0.25, -0.2) is 9.37 Å². The number of benzene rings is 1. The molecule has 9 heteroatoms. The minimum Gasteiger partial charge on any atom is -0.507 e. The fraction of sp³-hybridized carbons (Fsp3) is 0.455. The van der Waals surface area contributed by atoms with E-state index in [9.17, 15) is 9.90 Å². The first-order valence-corrected chi connectivity index (χ1v) is 10.4. The Bertz CT molecular complexity index is 1210. The summed E-state index contributed by atoms with van der Waals surface area (Å²) in [4.78, 5) is 18.5. The highest BCUT2D eigenvalue weighted by Gasteiger charge is 2.49. The van der Waals surface area contributed by atoms with E-state index >= 15 is 4.39 Å². The van der Waals surface area contributed by atoms with Crippen LogP contribution in [-0.2, 0) is 7.05 Å². The molecule has 2 aliphatic rings. The van der Waals surface area contributed by atoms with Gasteiger partial charge >= 0.3 is 0 Å². The number of nitrogens with one attached hydrogen (secondary N) is 1. The highest BCUT2D eigenvalue weighted by Crippen LogP contribution is 2.39. The molecule has 2 N–H and O–H groups in total. The minimum atomic E-state index is -0.991. The summed E-state index contributed by atoms with van der Waals surface area (Å²) in [5, 5.41) is 23.4. The van der Waals surface area contributed by atoms with Crippen LogP contribution in [0.2, 0.25) is 0 Å². The first-order chi connectivity index (χ1) is 14.8. The summed E-state index contributed by atoms with van der Waals surface area (Å²) >= 11 is 0. The lowest BCUT2D eigenvalue weighted by molar-refractivity contribution is 0.144. The van der Waals surface area contributed by atoms with E-state index in [1.54, 1.807) is 31.6 Å². The molecule has 8 nitrogen and oxygen atoms in total. The number of halogens is 1. The number of piperidine rings is 1. The van der Waals surface area contributed by atoms with Gasteiger partial charge in [-0.2, -0.15) is 0 Å². The van der Waals surface area contributed by atoms with Crippen molar-refractivity contribution in [1.29, 1.82) is 0 Å². The number of hydrogen-bond donors (Lipinski definition) is 2. The number of hydrogen-bond acceptors (Lipinski definition) is 7. The monoisotopic (exact) mass is 424 g/mol. The summed E-state index contributed by atoms with van der Waals surface area (Å²) in [5.41, 5.74) is 0.139. The van der Waals surface area contributed by atoms with Gasteiger partial charge in [0.15, 0.2) is 11.6 Å². The third kappa shape index (κ3) is 3.23. The van der Waals surface area contributed by atoms with Gasteiger partial charge in [-0.05, 0) is 49.8 Å². The lowest BCUT2D eigenvalue weighted by Crippen LogP contribution is -2.60. The van der Waals surface area contributed by atoms with Crippen LogP contribution in [0.3, 0.4) is 0 Å². The summed E-state index contributed by atoms with van der Waals surface area (Å²) in [7, 11) is 3.48. The van der Waals surface area contributed by atoms with Gasteiger partial charge in [-0.3, -0.25) is 4.79 Å². The van der Waals surface area contributed by atoms with E-state index in [1.807, 2.05) is 11.9 Å². The van der Waals surface area contributed by atoms with Gasteiger partial charge in [0, 0.05) is 31.9 Å². The molecule has 0 aliphatic carbocycles. The van der Waals surface area contributed by atoms with Crippen molar-refractivity contribution in [1.82, 2.24) is 25.1 Å². The zero-order chi connectivity index (χ0) is 21.9. The molecule has 2 aliphatic heterocycles. The molecular formula is C22H25FN6O2. The lowest BCUT2D eigenvalue weighted by Gasteiger charge is -2.43. The second-order valence-corrected chi connectivity index (χ2v) is 9.01. The first kappa shape index (κ1) is 19.9. The number of alkyl halides is 1. The number of phenolic OH excluding ortho intramolecular Hbond substituents is 1. The van der Waals surface area contributed by atoms with E-state index in [-0.39, 0.29) is 34.8 Å². The maximum absolute atomic E-state index is 15.0. The van der Waals surface area contributed by atoms with Gasteiger partial charge in [-0.15, -0.1) is 10.2 Å². The summed E-state index contributed by atoms with van der Waals surface area (Å²) in [6.45, 7) is 2.14. The molecule has 162 valence electrons. The van der Waals surface area contributed by atoms with E-state index in [1.165, 1.54) is 10.6 Å². The van der Waals surface area contributed by atoms with E-state index in [0.717, 1.165) is 12.8 Å². The van der Waals surface area contributed by atoms with Crippen LogP contribution >= 0.6 is 0 Å². The fourth-order valence-electron chi connectivity index (χ4n) is 4.94. The number of aromatic hydroxyl groups is 1. The van der Waals surface area contributed by atoms with Crippen LogP contribution in [0.5, 0.6) is 5.75 Å². The predicted octanol–water partition coefficient (Wildman–Crippen LogP) is 2.15. The minimum absolute atomic E-state index is 0.0546. The second kappa shape index (κ2) is 6.98. The number of pyridine rings is 1. The van der Waals surface area contributed by atoms with Crippen LogP contribution in [0.4, 0.5) is 10.2 Å². The molecule has 2 saturated heterocycles. The zero-order valence-corrected chi connectivity index (χ0v) is 17.7. The maximum atomic E-state index is 15.0. The third-order valence-electron chi connectivity index (χ3n) is 6.80. The zero-order valence-electron chi connectivity index (χ0n) is 17.7. The van der Waals surface area contributed by atoms with Gasteiger partial charge in [0.25, 0.3) is 5.56 Å². The van der Waals surface area contributed by atoms with E-state index in [0.29, 0.717) is 28.6 Å². The molecule has 0 amide bonds. The first-order valence-electron chi connectivity index (χ1n) is 10.4. The number of nitrogens with zero attached hydrogens (tertiary/aromatic N) is 5. The van der Waals surface area contributed by atoms with Crippen molar-refractivity contribution in [2.24, 2.45) is 7.05 Å². The van der Waals surface area contributed by atoms with Gasteiger partial charge in [0.1, 0.15) is 11.9 Å². The van der Waals surface area contributed by atoms with Crippen LogP contribution < -0.4 is 15.8 Å². The highest BCUT2D eigenvalue weighted by molar-refractivity contribution is 5.88. The van der Waals surface area contributed by atoms with Crippen molar-refractivity contribution >= 4 is 16.6 Å². The van der Waals surface area contributed by atoms with Crippen molar-refractivity contribution in [2.45, 2.75) is 50.0 Å². The van der Waals surface area contributed by atoms with Crippen molar-refractivity contribution in [3.05, 3.63) is 40.9 Å². The smallest absolute Gasteiger partial charge is 0.258 e. The van der Waals surface area contributed by atoms with Crippen molar-refractivity contribution in [3.63, 3.8) is 0 Å². The van der Waals surface area contributed by atoms with Gasteiger partial charge in [0.2, 0.25) is 0 Å². The van der Waals surface area contributed by atoms with Crippen LogP contribution in [0.25, 0.3) is 22.2 Å². The second-order valence-electron chi connectivity index (χ2n) is 9.01. The van der Waals surface area contributed by atoms with Crippen molar-refractivity contribution < 1.29 is 9.50 Å². The number of rotatable bonds is 3. The Balaban J connectivity index is 1.44. The Morgan fingerprint density at radius 1 is 1.35 bits per heavy atom. The van der Waals surface area contributed by atoms with Crippen LogP contribution in [0.1, 0.15) is 26.2 Å². The summed E-state index contributed by atoms with van der Waals surface area (Å²) in [6.07, 6.45) is 4.72. The average Bonchev–Trinajstić information content (AvgIpc) is 3.10. The molecule has 2 aromatic heterocycles. The van der Waals surface area contributed by atoms with E-state index in [2.05, 4.69) is 27.4 Å². The Labute approximate surface area is 178 Å². The molecular weight excluding hydrogens is 399 g/mol. The Morgan fingerprint density at radius 2 is 2.16 bits per heavy atom. The molecule has 2 fully saturated rings. The number of fused-ring (bicyclic) bond motifs is 3. The quantitative estimate of drug-likeness (QED) is 0.665. The molecule has 0 spiro atoms. The van der Waals surface area contributed by atoms with Crippen LogP contribution in [0.15, 0.2) is 35.4 Å². The predicted molar refractivity (Wildman–Crippen MR) is 116 cm³/mol. The van der Waals surface area contributed by atoms with Crippen LogP contribution in [-0.4, -0.2) is 55.7 Å². The molecule has 31 heavy (non-hydrogen) atoms.